The third kappa shape index (κ3) is 9.49. The van der Waals surface area contributed by atoms with Crippen molar-refractivity contribution < 1.29 is 9.90 Å². The number of carboxylic acids is 1. The molecule has 0 aromatic heterocycles. The Kier molecular flexibility index (Phi) is 10.1. The quantitative estimate of drug-likeness (QED) is 0.474. The molecule has 0 bridgehead atoms. The number of hydrogen-bond acceptors (Lipinski definition) is 1. The third-order valence-corrected chi connectivity index (χ3v) is 4.16. The number of unbranched alkanes of at least 4 members (excludes halogenated alkanes) is 5. The Morgan fingerprint density at radius 3 is 2.00 bits per heavy atom. The lowest BCUT2D eigenvalue weighted by Crippen LogP contribution is -2.15. The SMILES string of the molecule is CCCCCC(C)(CC)CCCCCCC(=O)O. The van der Waals surface area contributed by atoms with Gasteiger partial charge in [0.1, 0.15) is 0 Å². The molecule has 108 valence electrons. The van der Waals surface area contributed by atoms with Crippen molar-refractivity contribution in [2.24, 2.45) is 5.41 Å². The van der Waals surface area contributed by atoms with E-state index in [1.807, 2.05) is 0 Å². The Hall–Kier alpha value is -0.530. The molecule has 0 aliphatic heterocycles. The van der Waals surface area contributed by atoms with Crippen LogP contribution in [0.25, 0.3) is 0 Å². The van der Waals surface area contributed by atoms with Crippen molar-refractivity contribution in [1.29, 1.82) is 0 Å². The molecule has 2 nitrogen and oxygen atoms in total. The Balaban J connectivity index is 3.62. The van der Waals surface area contributed by atoms with Gasteiger partial charge >= 0.3 is 5.97 Å². The third-order valence-electron chi connectivity index (χ3n) is 4.16. The molecule has 0 amide bonds. The van der Waals surface area contributed by atoms with Crippen molar-refractivity contribution in [2.45, 2.75) is 91.4 Å². The van der Waals surface area contributed by atoms with Gasteiger partial charge in [0.2, 0.25) is 0 Å². The maximum absolute atomic E-state index is 10.4. The Bertz CT molecular complexity index is 213. The van der Waals surface area contributed by atoms with Crippen LogP contribution in [0.4, 0.5) is 0 Å². The van der Waals surface area contributed by atoms with Crippen LogP contribution in [0, 0.1) is 5.41 Å². The number of carbonyl (C=O) groups is 1. The van der Waals surface area contributed by atoms with Gasteiger partial charge in [-0.2, -0.15) is 0 Å². The van der Waals surface area contributed by atoms with Crippen LogP contribution >= 0.6 is 0 Å². The highest BCUT2D eigenvalue weighted by molar-refractivity contribution is 5.66. The summed E-state index contributed by atoms with van der Waals surface area (Å²) < 4.78 is 0. The van der Waals surface area contributed by atoms with E-state index in [0.29, 0.717) is 11.8 Å². The number of rotatable bonds is 12. The molecule has 1 unspecified atom stereocenters. The van der Waals surface area contributed by atoms with Crippen molar-refractivity contribution in [3.05, 3.63) is 0 Å². The molecule has 0 aliphatic carbocycles. The van der Waals surface area contributed by atoms with Crippen LogP contribution in [0.15, 0.2) is 0 Å². The average Bonchev–Trinajstić information content (AvgIpc) is 2.33. The summed E-state index contributed by atoms with van der Waals surface area (Å²) in [7, 11) is 0. The molecule has 0 aromatic rings. The fourth-order valence-electron chi connectivity index (χ4n) is 2.46. The van der Waals surface area contributed by atoms with Crippen molar-refractivity contribution in [3.8, 4) is 0 Å². The summed E-state index contributed by atoms with van der Waals surface area (Å²) in [6.07, 6.45) is 12.6. The largest absolute Gasteiger partial charge is 0.481 e. The smallest absolute Gasteiger partial charge is 0.303 e. The summed E-state index contributed by atoms with van der Waals surface area (Å²) in [6, 6.07) is 0. The minimum absolute atomic E-state index is 0.335. The predicted octanol–water partition coefficient (Wildman–Crippen LogP) is 5.41. The highest BCUT2D eigenvalue weighted by Crippen LogP contribution is 2.34. The topological polar surface area (TPSA) is 37.3 Å². The summed E-state index contributed by atoms with van der Waals surface area (Å²) in [6.45, 7) is 6.97. The van der Waals surface area contributed by atoms with Gasteiger partial charge in [-0.25, -0.2) is 0 Å². The van der Waals surface area contributed by atoms with Gasteiger partial charge in [0, 0.05) is 6.42 Å². The van der Waals surface area contributed by atoms with Crippen molar-refractivity contribution in [1.82, 2.24) is 0 Å². The molecule has 1 N–H and O–H groups in total. The average molecular weight is 256 g/mol. The lowest BCUT2D eigenvalue weighted by atomic mass is 9.78. The maximum atomic E-state index is 10.4. The lowest BCUT2D eigenvalue weighted by Gasteiger charge is -2.28. The molecule has 18 heavy (non-hydrogen) atoms. The highest BCUT2D eigenvalue weighted by Gasteiger charge is 2.20. The molecule has 0 rings (SSSR count). The molecule has 0 heterocycles. The van der Waals surface area contributed by atoms with E-state index in [1.165, 1.54) is 51.4 Å². The second kappa shape index (κ2) is 10.4. The number of carboxylic acid groups (broad SMARTS) is 1. The molecule has 0 saturated carbocycles. The molecule has 0 aliphatic rings. The zero-order chi connectivity index (χ0) is 13.9. The summed E-state index contributed by atoms with van der Waals surface area (Å²) in [5, 5.41) is 8.56. The van der Waals surface area contributed by atoms with Crippen molar-refractivity contribution >= 4 is 5.97 Å². The maximum Gasteiger partial charge on any atom is 0.303 e. The van der Waals surface area contributed by atoms with Gasteiger partial charge in [0.25, 0.3) is 0 Å². The molecule has 0 spiro atoms. The fourth-order valence-corrected chi connectivity index (χ4v) is 2.46. The van der Waals surface area contributed by atoms with Crippen LogP contribution in [-0.2, 0) is 4.79 Å². The van der Waals surface area contributed by atoms with Crippen molar-refractivity contribution in [2.75, 3.05) is 0 Å². The normalized spacial score (nSPS) is 14.4. The van der Waals surface area contributed by atoms with E-state index in [1.54, 1.807) is 0 Å². The fraction of sp³-hybridized carbons (Fsp3) is 0.938. The summed E-state index contributed by atoms with van der Waals surface area (Å²) in [5.74, 6) is -0.659. The van der Waals surface area contributed by atoms with E-state index in [2.05, 4.69) is 20.8 Å². The molecule has 0 aromatic carbocycles. The van der Waals surface area contributed by atoms with Gasteiger partial charge in [-0.15, -0.1) is 0 Å². The zero-order valence-corrected chi connectivity index (χ0v) is 12.6. The molecule has 0 radical (unpaired) electrons. The molecule has 1 atom stereocenters. The lowest BCUT2D eigenvalue weighted by molar-refractivity contribution is -0.137. The summed E-state index contributed by atoms with van der Waals surface area (Å²) in [4.78, 5) is 10.4. The monoisotopic (exact) mass is 256 g/mol. The molecule has 2 heteroatoms. The second-order valence-electron chi connectivity index (χ2n) is 5.93. The molecular formula is C16H32O2. The standard InChI is InChI=1S/C16H32O2/c1-4-6-10-13-16(3,5-2)14-11-8-7-9-12-15(17)18/h4-14H2,1-3H3,(H,17,18). The first kappa shape index (κ1) is 17.5. The Labute approximate surface area is 113 Å². The van der Waals surface area contributed by atoms with Crippen LogP contribution in [0.2, 0.25) is 0 Å². The van der Waals surface area contributed by atoms with E-state index >= 15 is 0 Å². The molecule has 0 saturated heterocycles. The predicted molar refractivity (Wildman–Crippen MR) is 77.9 cm³/mol. The second-order valence-corrected chi connectivity index (χ2v) is 5.93. The van der Waals surface area contributed by atoms with Crippen molar-refractivity contribution in [3.63, 3.8) is 0 Å². The molecular weight excluding hydrogens is 224 g/mol. The van der Waals surface area contributed by atoms with Crippen LogP contribution in [-0.4, -0.2) is 11.1 Å². The first-order valence-electron chi connectivity index (χ1n) is 7.76. The van der Waals surface area contributed by atoms with Gasteiger partial charge in [-0.05, 0) is 24.7 Å². The van der Waals surface area contributed by atoms with E-state index in [9.17, 15) is 4.79 Å². The minimum Gasteiger partial charge on any atom is -0.481 e. The minimum atomic E-state index is -0.659. The van der Waals surface area contributed by atoms with E-state index < -0.39 is 5.97 Å². The van der Waals surface area contributed by atoms with E-state index in [0.717, 1.165) is 12.8 Å². The highest BCUT2D eigenvalue weighted by atomic mass is 16.4. The van der Waals surface area contributed by atoms with Crippen LogP contribution < -0.4 is 0 Å². The van der Waals surface area contributed by atoms with Gasteiger partial charge < -0.3 is 5.11 Å². The van der Waals surface area contributed by atoms with Gasteiger partial charge in [-0.1, -0.05) is 65.7 Å². The first-order valence-corrected chi connectivity index (χ1v) is 7.76. The van der Waals surface area contributed by atoms with Gasteiger partial charge in [-0.3, -0.25) is 4.79 Å². The Morgan fingerprint density at radius 1 is 0.944 bits per heavy atom. The van der Waals surface area contributed by atoms with Gasteiger partial charge in [0.15, 0.2) is 0 Å². The van der Waals surface area contributed by atoms with E-state index in [4.69, 9.17) is 5.11 Å². The zero-order valence-electron chi connectivity index (χ0n) is 12.6. The van der Waals surface area contributed by atoms with Crippen LogP contribution in [0.5, 0.6) is 0 Å². The van der Waals surface area contributed by atoms with Crippen LogP contribution in [0.3, 0.4) is 0 Å². The van der Waals surface area contributed by atoms with Crippen LogP contribution in [0.1, 0.15) is 91.4 Å². The van der Waals surface area contributed by atoms with E-state index in [-0.39, 0.29) is 0 Å². The Morgan fingerprint density at radius 2 is 1.50 bits per heavy atom. The first-order chi connectivity index (χ1) is 8.54. The number of hydrogen-bond donors (Lipinski definition) is 1. The summed E-state index contributed by atoms with van der Waals surface area (Å²) >= 11 is 0. The van der Waals surface area contributed by atoms with Gasteiger partial charge in [0.05, 0.1) is 0 Å². The summed E-state index contributed by atoms with van der Waals surface area (Å²) in [5.41, 5.74) is 0.516. The molecule has 0 fully saturated rings. The number of aliphatic carboxylic acids is 1.